The number of benzene rings is 1. The molecule has 1 unspecified atom stereocenters. The summed E-state index contributed by atoms with van der Waals surface area (Å²) in [5.74, 6) is 5.52. The molecule has 0 spiro atoms. The smallest absolute Gasteiger partial charge is 0.243 e. The van der Waals surface area contributed by atoms with E-state index in [0.29, 0.717) is 24.9 Å². The summed E-state index contributed by atoms with van der Waals surface area (Å²) in [7, 11) is -3.57. The Morgan fingerprint density at radius 1 is 1.45 bits per heavy atom. The van der Waals surface area contributed by atoms with E-state index in [9.17, 15) is 13.5 Å². The van der Waals surface area contributed by atoms with E-state index < -0.39 is 16.1 Å². The largest absolute Gasteiger partial charge is 0.392 e. The van der Waals surface area contributed by atoms with Gasteiger partial charge in [0.25, 0.3) is 0 Å². The summed E-state index contributed by atoms with van der Waals surface area (Å²) >= 11 is 0. The fourth-order valence-corrected chi connectivity index (χ4v) is 3.74. The number of hydrogen-bond donors (Lipinski definition) is 2. The number of hydrogen-bond acceptors (Lipinski definition) is 4. The first-order valence-corrected chi connectivity index (χ1v) is 7.95. The predicted molar refractivity (Wildman–Crippen MR) is 76.4 cm³/mol. The molecule has 0 saturated carbocycles. The van der Waals surface area contributed by atoms with Crippen LogP contribution in [-0.4, -0.2) is 43.6 Å². The molecule has 1 aromatic rings. The molecule has 20 heavy (non-hydrogen) atoms. The molecule has 0 aliphatic carbocycles. The lowest BCUT2D eigenvalue weighted by molar-refractivity contribution is 0.108. The fourth-order valence-electron chi connectivity index (χ4n) is 2.18. The van der Waals surface area contributed by atoms with Crippen LogP contribution in [0.25, 0.3) is 0 Å². The third-order valence-electron chi connectivity index (χ3n) is 3.17. The molecule has 6 heteroatoms. The average Bonchev–Trinajstić information content (AvgIpc) is 2.45. The van der Waals surface area contributed by atoms with Crippen molar-refractivity contribution in [3.05, 3.63) is 29.8 Å². The van der Waals surface area contributed by atoms with Crippen molar-refractivity contribution in [1.82, 2.24) is 4.31 Å². The van der Waals surface area contributed by atoms with E-state index in [2.05, 4.69) is 11.8 Å². The Morgan fingerprint density at radius 3 is 2.95 bits per heavy atom. The second kappa shape index (κ2) is 6.37. The van der Waals surface area contributed by atoms with E-state index in [1.165, 1.54) is 4.31 Å². The molecular weight excluding hydrogens is 276 g/mol. The first kappa shape index (κ1) is 15.0. The Morgan fingerprint density at radius 2 is 2.25 bits per heavy atom. The molecular formula is C14H18N2O3S. The Bertz CT molecular complexity index is 631. The van der Waals surface area contributed by atoms with E-state index >= 15 is 0 Å². The van der Waals surface area contributed by atoms with Gasteiger partial charge in [0, 0.05) is 18.7 Å². The molecule has 0 bridgehead atoms. The zero-order valence-electron chi connectivity index (χ0n) is 11.1. The van der Waals surface area contributed by atoms with Crippen LogP contribution in [0.3, 0.4) is 0 Å². The van der Waals surface area contributed by atoms with Crippen LogP contribution < -0.4 is 5.73 Å². The minimum Gasteiger partial charge on any atom is -0.392 e. The van der Waals surface area contributed by atoms with Crippen LogP contribution in [0.4, 0.5) is 0 Å². The third kappa shape index (κ3) is 3.38. The first-order chi connectivity index (χ1) is 9.54. The molecule has 0 aromatic heterocycles. The highest BCUT2D eigenvalue weighted by Crippen LogP contribution is 2.21. The van der Waals surface area contributed by atoms with Crippen molar-refractivity contribution in [3.8, 4) is 11.8 Å². The maximum Gasteiger partial charge on any atom is 0.243 e. The fraction of sp³-hybridized carbons (Fsp3) is 0.429. The Kier molecular flexibility index (Phi) is 4.78. The van der Waals surface area contributed by atoms with Crippen LogP contribution in [0.15, 0.2) is 29.2 Å². The number of nitrogens with zero attached hydrogens (tertiary/aromatic N) is 1. The Balaban J connectivity index is 2.29. The third-order valence-corrected chi connectivity index (χ3v) is 5.03. The number of aliphatic hydroxyl groups is 1. The van der Waals surface area contributed by atoms with E-state index in [4.69, 9.17) is 5.73 Å². The summed E-state index contributed by atoms with van der Waals surface area (Å²) in [6, 6.07) is 6.49. The van der Waals surface area contributed by atoms with Gasteiger partial charge in [-0.2, -0.15) is 4.31 Å². The van der Waals surface area contributed by atoms with E-state index in [1.54, 1.807) is 24.3 Å². The van der Waals surface area contributed by atoms with E-state index in [0.717, 1.165) is 0 Å². The van der Waals surface area contributed by atoms with Gasteiger partial charge < -0.3 is 10.8 Å². The normalized spacial score (nSPS) is 20.2. The van der Waals surface area contributed by atoms with Crippen LogP contribution in [0.5, 0.6) is 0 Å². The zero-order chi connectivity index (χ0) is 14.6. The summed E-state index contributed by atoms with van der Waals surface area (Å²) in [4.78, 5) is 0.204. The number of rotatable bonds is 2. The van der Waals surface area contributed by atoms with Crippen LogP contribution in [0.2, 0.25) is 0 Å². The summed E-state index contributed by atoms with van der Waals surface area (Å²) in [5.41, 5.74) is 5.92. The van der Waals surface area contributed by atoms with Crippen LogP contribution in [0, 0.1) is 11.8 Å². The second-order valence-corrected chi connectivity index (χ2v) is 6.63. The number of β-amino-alcohol motifs (C(OH)–C–C–N with tert-alkyl or cyclic N) is 1. The van der Waals surface area contributed by atoms with Gasteiger partial charge in [-0.3, -0.25) is 0 Å². The Labute approximate surface area is 119 Å². The summed E-state index contributed by atoms with van der Waals surface area (Å²) < 4.78 is 26.3. The summed E-state index contributed by atoms with van der Waals surface area (Å²) in [6.45, 7) is 0.828. The van der Waals surface area contributed by atoms with Gasteiger partial charge in [-0.15, -0.1) is 0 Å². The number of nitrogens with two attached hydrogens (primary N) is 1. The lowest BCUT2D eigenvalue weighted by Gasteiger charge is -2.29. The SMILES string of the molecule is NCC#Cc1cccc(S(=O)(=O)N2CCCC(O)C2)c1. The van der Waals surface area contributed by atoms with Crippen molar-refractivity contribution in [3.63, 3.8) is 0 Å². The van der Waals surface area contributed by atoms with E-state index in [1.807, 2.05) is 0 Å². The quantitative estimate of drug-likeness (QED) is 0.760. The van der Waals surface area contributed by atoms with Gasteiger partial charge in [-0.25, -0.2) is 8.42 Å². The van der Waals surface area contributed by atoms with Gasteiger partial charge in [-0.1, -0.05) is 17.9 Å². The molecule has 1 saturated heterocycles. The van der Waals surface area contributed by atoms with Crippen molar-refractivity contribution in [2.45, 2.75) is 23.8 Å². The molecule has 1 aromatic carbocycles. The highest BCUT2D eigenvalue weighted by atomic mass is 32.2. The standard InChI is InChI=1S/C14H18N2O3S/c15-8-2-5-12-4-1-7-14(10-12)20(18,19)16-9-3-6-13(17)11-16/h1,4,7,10,13,17H,3,6,8-9,11,15H2. The molecule has 108 valence electrons. The first-order valence-electron chi connectivity index (χ1n) is 6.51. The van der Waals surface area contributed by atoms with Crippen LogP contribution >= 0.6 is 0 Å². The van der Waals surface area contributed by atoms with Gasteiger partial charge in [0.05, 0.1) is 17.5 Å². The van der Waals surface area contributed by atoms with Gasteiger partial charge in [0.15, 0.2) is 0 Å². The maximum absolute atomic E-state index is 12.5. The maximum atomic E-state index is 12.5. The molecule has 0 radical (unpaired) electrons. The molecule has 1 heterocycles. The summed E-state index contributed by atoms with van der Waals surface area (Å²) in [5, 5.41) is 9.62. The molecule has 3 N–H and O–H groups in total. The molecule has 0 amide bonds. The topological polar surface area (TPSA) is 83.6 Å². The van der Waals surface area contributed by atoms with Crippen molar-refractivity contribution < 1.29 is 13.5 Å². The van der Waals surface area contributed by atoms with E-state index in [-0.39, 0.29) is 18.0 Å². The molecule has 1 aliphatic heterocycles. The zero-order valence-corrected chi connectivity index (χ0v) is 11.9. The second-order valence-electron chi connectivity index (χ2n) is 4.69. The highest BCUT2D eigenvalue weighted by Gasteiger charge is 2.29. The molecule has 5 nitrogen and oxygen atoms in total. The van der Waals surface area contributed by atoms with Gasteiger partial charge in [0.1, 0.15) is 0 Å². The van der Waals surface area contributed by atoms with Crippen molar-refractivity contribution in [2.24, 2.45) is 5.73 Å². The van der Waals surface area contributed by atoms with Crippen LogP contribution in [-0.2, 0) is 10.0 Å². The Hall–Kier alpha value is -1.39. The van der Waals surface area contributed by atoms with Gasteiger partial charge >= 0.3 is 0 Å². The van der Waals surface area contributed by atoms with Crippen LogP contribution in [0.1, 0.15) is 18.4 Å². The minimum absolute atomic E-state index is 0.154. The molecule has 1 aliphatic rings. The van der Waals surface area contributed by atoms with Gasteiger partial charge in [0.2, 0.25) is 10.0 Å². The van der Waals surface area contributed by atoms with Crippen molar-refractivity contribution in [1.29, 1.82) is 0 Å². The number of piperidine rings is 1. The van der Waals surface area contributed by atoms with Crippen molar-refractivity contribution >= 4 is 10.0 Å². The average molecular weight is 294 g/mol. The predicted octanol–water partition coefficient (Wildman–Crippen LogP) is 0.142. The van der Waals surface area contributed by atoms with Crippen molar-refractivity contribution in [2.75, 3.05) is 19.6 Å². The number of sulfonamides is 1. The number of aliphatic hydroxyl groups excluding tert-OH is 1. The highest BCUT2D eigenvalue weighted by molar-refractivity contribution is 7.89. The molecule has 2 rings (SSSR count). The molecule has 1 atom stereocenters. The lowest BCUT2D eigenvalue weighted by Crippen LogP contribution is -2.42. The lowest BCUT2D eigenvalue weighted by atomic mass is 10.1. The summed E-state index contributed by atoms with van der Waals surface area (Å²) in [6.07, 6.45) is 0.736. The molecule has 1 fully saturated rings. The van der Waals surface area contributed by atoms with Gasteiger partial charge in [-0.05, 0) is 31.0 Å². The monoisotopic (exact) mass is 294 g/mol. The minimum atomic E-state index is -3.57.